The van der Waals surface area contributed by atoms with Gasteiger partial charge in [0.25, 0.3) is 0 Å². The molecule has 1 heterocycles. The molecule has 0 atom stereocenters. The summed E-state index contributed by atoms with van der Waals surface area (Å²) in [6.45, 7) is 10.6. The van der Waals surface area contributed by atoms with Gasteiger partial charge in [0.05, 0.1) is 7.11 Å². The lowest BCUT2D eigenvalue weighted by Gasteiger charge is -2.13. The van der Waals surface area contributed by atoms with E-state index in [4.69, 9.17) is 9.15 Å². The topological polar surface area (TPSA) is 51.5 Å². The van der Waals surface area contributed by atoms with Crippen LogP contribution in [0.5, 0.6) is 5.75 Å². The molecular weight excluding hydrogens is 290 g/mol. The Morgan fingerprint density at radius 2 is 2.00 bits per heavy atom. The minimum absolute atomic E-state index is 0.0794. The van der Waals surface area contributed by atoms with Gasteiger partial charge in [-0.05, 0) is 51.3 Å². The van der Waals surface area contributed by atoms with Gasteiger partial charge in [-0.25, -0.2) is 0 Å². The third-order valence-electron chi connectivity index (χ3n) is 4.17. The van der Waals surface area contributed by atoms with E-state index in [0.717, 1.165) is 51.2 Å². The molecule has 1 aromatic heterocycles. The van der Waals surface area contributed by atoms with Crippen molar-refractivity contribution in [2.45, 2.75) is 41.0 Å². The van der Waals surface area contributed by atoms with Crippen molar-refractivity contribution in [3.63, 3.8) is 0 Å². The van der Waals surface area contributed by atoms with E-state index >= 15 is 0 Å². The molecule has 0 radical (unpaired) electrons. The van der Waals surface area contributed by atoms with Crippen molar-refractivity contribution < 1.29 is 13.9 Å². The number of carbonyl (C=O) groups excluding carboxylic acids is 1. The summed E-state index contributed by atoms with van der Waals surface area (Å²) in [6.07, 6.45) is 2.54. The maximum atomic E-state index is 12.0. The molecule has 0 unspecified atom stereocenters. The van der Waals surface area contributed by atoms with Crippen LogP contribution in [0, 0.1) is 20.8 Å². The van der Waals surface area contributed by atoms with Crippen molar-refractivity contribution in [3.05, 3.63) is 34.6 Å². The Kier molecular flexibility index (Phi) is 5.14. The second-order valence-corrected chi connectivity index (χ2v) is 5.86. The van der Waals surface area contributed by atoms with Crippen LogP contribution in [0.4, 0.5) is 0 Å². The number of amides is 1. The first kappa shape index (κ1) is 17.1. The van der Waals surface area contributed by atoms with Gasteiger partial charge in [0, 0.05) is 29.1 Å². The number of carbonyl (C=O) groups is 1. The van der Waals surface area contributed by atoms with Gasteiger partial charge in [0.1, 0.15) is 17.1 Å². The Hall–Kier alpha value is -2.23. The third-order valence-corrected chi connectivity index (χ3v) is 4.17. The number of ether oxygens (including phenoxy) is 1. The number of benzene rings is 1. The number of rotatable bonds is 5. The fourth-order valence-corrected chi connectivity index (χ4v) is 2.74. The van der Waals surface area contributed by atoms with E-state index in [1.165, 1.54) is 0 Å². The van der Waals surface area contributed by atoms with Crippen molar-refractivity contribution in [2.24, 2.45) is 0 Å². The SMILES string of the molecule is CCCNC(=O)/C=C(\C)c1cc2c(C)c(C)oc2c(C)c1OC. The summed E-state index contributed by atoms with van der Waals surface area (Å²) in [5.41, 5.74) is 4.73. The quantitative estimate of drug-likeness (QED) is 0.837. The summed E-state index contributed by atoms with van der Waals surface area (Å²) < 4.78 is 11.4. The molecule has 0 spiro atoms. The summed E-state index contributed by atoms with van der Waals surface area (Å²) in [6, 6.07) is 2.05. The highest BCUT2D eigenvalue weighted by atomic mass is 16.5. The second kappa shape index (κ2) is 6.90. The fourth-order valence-electron chi connectivity index (χ4n) is 2.74. The monoisotopic (exact) mass is 315 g/mol. The minimum Gasteiger partial charge on any atom is -0.496 e. The van der Waals surface area contributed by atoms with Crippen LogP contribution in [0.1, 0.15) is 42.7 Å². The molecule has 1 N–H and O–H groups in total. The zero-order valence-electron chi connectivity index (χ0n) is 14.8. The molecule has 4 nitrogen and oxygen atoms in total. The molecule has 1 amide bonds. The van der Waals surface area contributed by atoms with E-state index < -0.39 is 0 Å². The van der Waals surface area contributed by atoms with E-state index in [9.17, 15) is 4.79 Å². The number of hydrogen-bond donors (Lipinski definition) is 1. The maximum absolute atomic E-state index is 12.0. The Labute approximate surface area is 137 Å². The molecule has 0 saturated carbocycles. The highest BCUT2D eigenvalue weighted by molar-refractivity contribution is 5.98. The molecule has 2 aromatic rings. The number of aryl methyl sites for hydroxylation is 3. The van der Waals surface area contributed by atoms with Crippen LogP contribution >= 0.6 is 0 Å². The van der Waals surface area contributed by atoms with E-state index in [2.05, 4.69) is 5.32 Å². The third kappa shape index (κ3) is 3.26. The first-order valence-corrected chi connectivity index (χ1v) is 7.94. The van der Waals surface area contributed by atoms with Crippen LogP contribution < -0.4 is 10.1 Å². The highest BCUT2D eigenvalue weighted by Gasteiger charge is 2.18. The summed E-state index contributed by atoms with van der Waals surface area (Å²) in [7, 11) is 1.64. The van der Waals surface area contributed by atoms with Gasteiger partial charge in [-0.3, -0.25) is 4.79 Å². The molecule has 0 bridgehead atoms. The molecule has 0 aliphatic rings. The van der Waals surface area contributed by atoms with Gasteiger partial charge in [0.15, 0.2) is 0 Å². The molecule has 1 aromatic carbocycles. The average molecular weight is 315 g/mol. The lowest BCUT2D eigenvalue weighted by Crippen LogP contribution is -2.21. The van der Waals surface area contributed by atoms with Crippen molar-refractivity contribution in [3.8, 4) is 5.75 Å². The smallest absolute Gasteiger partial charge is 0.244 e. The molecule has 0 aliphatic carbocycles. The summed E-state index contributed by atoms with van der Waals surface area (Å²) in [5, 5.41) is 3.93. The fraction of sp³-hybridized carbons (Fsp3) is 0.421. The molecular formula is C19H25NO3. The van der Waals surface area contributed by atoms with Crippen LogP contribution in [0.3, 0.4) is 0 Å². The van der Waals surface area contributed by atoms with Crippen LogP contribution in [0.2, 0.25) is 0 Å². The number of allylic oxidation sites excluding steroid dienone is 1. The zero-order chi connectivity index (χ0) is 17.1. The minimum atomic E-state index is -0.0794. The second-order valence-electron chi connectivity index (χ2n) is 5.86. The molecule has 0 fully saturated rings. The first-order chi connectivity index (χ1) is 10.9. The predicted octanol–water partition coefficient (Wildman–Crippen LogP) is 4.30. The summed E-state index contributed by atoms with van der Waals surface area (Å²) in [5.74, 6) is 1.58. The van der Waals surface area contributed by atoms with Gasteiger partial charge in [-0.1, -0.05) is 6.92 Å². The maximum Gasteiger partial charge on any atom is 0.244 e. The van der Waals surface area contributed by atoms with Gasteiger partial charge >= 0.3 is 0 Å². The summed E-state index contributed by atoms with van der Waals surface area (Å²) in [4.78, 5) is 12.0. The predicted molar refractivity (Wildman–Crippen MR) is 93.9 cm³/mol. The highest BCUT2D eigenvalue weighted by Crippen LogP contribution is 2.38. The van der Waals surface area contributed by atoms with Crippen molar-refractivity contribution >= 4 is 22.4 Å². The number of furan rings is 1. The number of methoxy groups -OCH3 is 1. The Morgan fingerprint density at radius 3 is 2.61 bits per heavy atom. The largest absolute Gasteiger partial charge is 0.496 e. The van der Waals surface area contributed by atoms with Gasteiger partial charge in [-0.2, -0.15) is 0 Å². The molecule has 2 rings (SSSR count). The van der Waals surface area contributed by atoms with Crippen molar-refractivity contribution in [1.82, 2.24) is 5.32 Å². The van der Waals surface area contributed by atoms with E-state index in [0.29, 0.717) is 6.54 Å². The molecule has 124 valence electrons. The zero-order valence-corrected chi connectivity index (χ0v) is 14.8. The van der Waals surface area contributed by atoms with Crippen molar-refractivity contribution in [2.75, 3.05) is 13.7 Å². The van der Waals surface area contributed by atoms with Gasteiger partial charge in [-0.15, -0.1) is 0 Å². The Morgan fingerprint density at radius 1 is 1.30 bits per heavy atom. The lowest BCUT2D eigenvalue weighted by atomic mass is 9.98. The molecule has 0 saturated heterocycles. The van der Waals surface area contributed by atoms with Crippen LogP contribution in [0.15, 0.2) is 16.6 Å². The lowest BCUT2D eigenvalue weighted by molar-refractivity contribution is -0.116. The molecule has 4 heteroatoms. The Bertz CT molecular complexity index is 769. The standard InChI is InChI=1S/C19H25NO3/c1-7-8-20-17(21)9-11(2)15-10-16-12(3)14(5)23-19(16)13(4)18(15)22-6/h9-10H,7-8H2,1-6H3,(H,20,21)/b11-9+. The first-order valence-electron chi connectivity index (χ1n) is 7.94. The number of hydrogen-bond acceptors (Lipinski definition) is 3. The van der Waals surface area contributed by atoms with Crippen LogP contribution in [0.25, 0.3) is 16.5 Å². The number of nitrogens with one attached hydrogen (secondary N) is 1. The number of fused-ring (bicyclic) bond motifs is 1. The molecule has 0 aliphatic heterocycles. The van der Waals surface area contributed by atoms with Crippen molar-refractivity contribution in [1.29, 1.82) is 0 Å². The van der Waals surface area contributed by atoms with E-state index in [1.807, 2.05) is 40.7 Å². The van der Waals surface area contributed by atoms with Crippen LogP contribution in [-0.4, -0.2) is 19.6 Å². The van der Waals surface area contributed by atoms with E-state index in [-0.39, 0.29) is 5.91 Å². The van der Waals surface area contributed by atoms with Gasteiger partial charge < -0.3 is 14.5 Å². The van der Waals surface area contributed by atoms with Crippen LogP contribution in [-0.2, 0) is 4.79 Å². The normalized spacial score (nSPS) is 11.8. The average Bonchev–Trinajstić information content (AvgIpc) is 2.81. The van der Waals surface area contributed by atoms with Gasteiger partial charge in [0.2, 0.25) is 5.91 Å². The van der Waals surface area contributed by atoms with E-state index in [1.54, 1.807) is 13.2 Å². The molecule has 23 heavy (non-hydrogen) atoms. The summed E-state index contributed by atoms with van der Waals surface area (Å²) >= 11 is 0. The Balaban J connectivity index is 2.57.